The van der Waals surface area contributed by atoms with E-state index >= 15 is 0 Å². The SMILES string of the molecule is O=C(N[C@@H](c1ccc2c(c1)CCC2)c1cccs1)c1cnccn1. The first-order chi connectivity index (χ1) is 11.8. The predicted molar refractivity (Wildman–Crippen MR) is 94.1 cm³/mol. The second-order valence-electron chi connectivity index (χ2n) is 5.89. The maximum atomic E-state index is 12.5. The maximum absolute atomic E-state index is 12.5. The zero-order valence-electron chi connectivity index (χ0n) is 13.1. The van der Waals surface area contributed by atoms with Gasteiger partial charge in [0.2, 0.25) is 0 Å². The van der Waals surface area contributed by atoms with E-state index in [1.54, 1.807) is 17.5 Å². The molecule has 120 valence electrons. The summed E-state index contributed by atoms with van der Waals surface area (Å²) in [7, 11) is 0. The van der Waals surface area contributed by atoms with E-state index in [-0.39, 0.29) is 11.9 Å². The van der Waals surface area contributed by atoms with Gasteiger partial charge in [-0.15, -0.1) is 11.3 Å². The van der Waals surface area contributed by atoms with E-state index in [0.29, 0.717) is 5.69 Å². The molecule has 1 atom stereocenters. The van der Waals surface area contributed by atoms with Crippen molar-refractivity contribution in [3.8, 4) is 0 Å². The van der Waals surface area contributed by atoms with Crippen molar-refractivity contribution in [2.45, 2.75) is 25.3 Å². The molecule has 1 aromatic carbocycles. The Labute approximate surface area is 144 Å². The van der Waals surface area contributed by atoms with Crippen LogP contribution in [0, 0.1) is 0 Å². The third-order valence-electron chi connectivity index (χ3n) is 4.35. The van der Waals surface area contributed by atoms with Gasteiger partial charge in [-0.05, 0) is 47.4 Å². The third-order valence-corrected chi connectivity index (χ3v) is 5.29. The van der Waals surface area contributed by atoms with Crippen LogP contribution in [0.1, 0.15) is 44.5 Å². The van der Waals surface area contributed by atoms with Gasteiger partial charge >= 0.3 is 0 Å². The van der Waals surface area contributed by atoms with Gasteiger partial charge < -0.3 is 5.32 Å². The summed E-state index contributed by atoms with van der Waals surface area (Å²) in [5.74, 6) is -0.206. The van der Waals surface area contributed by atoms with Crippen molar-refractivity contribution in [3.05, 3.63) is 81.6 Å². The third kappa shape index (κ3) is 2.95. The average Bonchev–Trinajstić information content (AvgIpc) is 3.31. The molecular weight excluding hydrogens is 318 g/mol. The number of fused-ring (bicyclic) bond motifs is 1. The van der Waals surface area contributed by atoms with Crippen LogP contribution in [0.4, 0.5) is 0 Å². The highest BCUT2D eigenvalue weighted by Crippen LogP contribution is 2.30. The number of aromatic nitrogens is 2. The number of hydrogen-bond acceptors (Lipinski definition) is 4. The minimum atomic E-state index is -0.206. The molecular formula is C19H17N3OS. The lowest BCUT2D eigenvalue weighted by molar-refractivity contribution is 0.0938. The Morgan fingerprint density at radius 2 is 2.08 bits per heavy atom. The topological polar surface area (TPSA) is 54.9 Å². The Kier molecular flexibility index (Phi) is 4.09. The van der Waals surface area contributed by atoms with E-state index in [1.807, 2.05) is 11.4 Å². The minimum absolute atomic E-state index is 0.162. The second-order valence-corrected chi connectivity index (χ2v) is 6.87. The van der Waals surface area contributed by atoms with E-state index in [1.165, 1.54) is 29.9 Å². The summed E-state index contributed by atoms with van der Waals surface area (Å²) in [6.07, 6.45) is 8.08. The lowest BCUT2D eigenvalue weighted by atomic mass is 10.00. The molecule has 0 saturated carbocycles. The lowest BCUT2D eigenvalue weighted by Gasteiger charge is -2.19. The highest BCUT2D eigenvalue weighted by atomic mass is 32.1. The molecule has 0 saturated heterocycles. The largest absolute Gasteiger partial charge is 0.339 e. The van der Waals surface area contributed by atoms with Crippen LogP contribution in [-0.4, -0.2) is 15.9 Å². The van der Waals surface area contributed by atoms with Gasteiger partial charge in [-0.25, -0.2) is 4.98 Å². The first kappa shape index (κ1) is 15.0. The summed E-state index contributed by atoms with van der Waals surface area (Å²) in [6, 6.07) is 10.5. The lowest BCUT2D eigenvalue weighted by Crippen LogP contribution is -2.29. The molecule has 4 nitrogen and oxygen atoms in total. The van der Waals surface area contributed by atoms with Crippen LogP contribution in [0.5, 0.6) is 0 Å². The van der Waals surface area contributed by atoms with Crippen molar-refractivity contribution in [2.75, 3.05) is 0 Å². The van der Waals surface area contributed by atoms with Gasteiger partial charge in [0.05, 0.1) is 12.2 Å². The van der Waals surface area contributed by atoms with Crippen molar-refractivity contribution in [2.24, 2.45) is 0 Å². The molecule has 2 heterocycles. The zero-order valence-corrected chi connectivity index (χ0v) is 13.9. The van der Waals surface area contributed by atoms with Crippen LogP contribution >= 0.6 is 11.3 Å². The minimum Gasteiger partial charge on any atom is -0.339 e. The fourth-order valence-corrected chi connectivity index (χ4v) is 3.97. The van der Waals surface area contributed by atoms with E-state index in [9.17, 15) is 4.79 Å². The number of hydrogen-bond donors (Lipinski definition) is 1. The number of nitrogens with zero attached hydrogens (tertiary/aromatic N) is 2. The number of carbonyl (C=O) groups is 1. The number of aryl methyl sites for hydroxylation is 2. The zero-order chi connectivity index (χ0) is 16.4. The molecule has 1 aliphatic rings. The molecule has 5 heteroatoms. The molecule has 0 radical (unpaired) electrons. The van der Waals surface area contributed by atoms with Gasteiger partial charge in [-0.3, -0.25) is 9.78 Å². The maximum Gasteiger partial charge on any atom is 0.272 e. The molecule has 0 spiro atoms. The fraction of sp³-hybridized carbons (Fsp3) is 0.211. The molecule has 2 aromatic heterocycles. The number of benzene rings is 1. The van der Waals surface area contributed by atoms with Crippen molar-refractivity contribution >= 4 is 17.2 Å². The fourth-order valence-electron chi connectivity index (χ4n) is 3.17. The van der Waals surface area contributed by atoms with E-state index in [2.05, 4.69) is 39.6 Å². The Hall–Kier alpha value is -2.53. The summed E-state index contributed by atoms with van der Waals surface area (Å²) in [6.45, 7) is 0. The number of rotatable bonds is 4. The van der Waals surface area contributed by atoms with Gasteiger partial charge in [0, 0.05) is 17.3 Å². The molecule has 1 amide bonds. The quantitative estimate of drug-likeness (QED) is 0.793. The molecule has 24 heavy (non-hydrogen) atoms. The predicted octanol–water partition coefficient (Wildman–Crippen LogP) is 3.55. The highest BCUT2D eigenvalue weighted by Gasteiger charge is 2.21. The van der Waals surface area contributed by atoms with Crippen molar-refractivity contribution in [3.63, 3.8) is 0 Å². The Bertz CT molecular complexity index is 846. The Morgan fingerprint density at radius 1 is 1.17 bits per heavy atom. The van der Waals surface area contributed by atoms with Gasteiger partial charge in [-0.2, -0.15) is 0 Å². The van der Waals surface area contributed by atoms with Crippen LogP contribution in [0.2, 0.25) is 0 Å². The monoisotopic (exact) mass is 335 g/mol. The molecule has 1 N–H and O–H groups in total. The summed E-state index contributed by atoms with van der Waals surface area (Å²) < 4.78 is 0. The number of thiophene rings is 1. The van der Waals surface area contributed by atoms with Crippen molar-refractivity contribution < 1.29 is 4.79 Å². The van der Waals surface area contributed by atoms with Crippen LogP contribution in [-0.2, 0) is 12.8 Å². The molecule has 0 unspecified atom stereocenters. The van der Waals surface area contributed by atoms with Crippen molar-refractivity contribution in [1.82, 2.24) is 15.3 Å². The number of nitrogens with one attached hydrogen (secondary N) is 1. The average molecular weight is 335 g/mol. The smallest absolute Gasteiger partial charge is 0.272 e. The number of amides is 1. The van der Waals surface area contributed by atoms with Crippen LogP contribution < -0.4 is 5.32 Å². The van der Waals surface area contributed by atoms with E-state index < -0.39 is 0 Å². The van der Waals surface area contributed by atoms with E-state index in [4.69, 9.17) is 0 Å². The van der Waals surface area contributed by atoms with Crippen molar-refractivity contribution in [1.29, 1.82) is 0 Å². The first-order valence-corrected chi connectivity index (χ1v) is 8.91. The van der Waals surface area contributed by atoms with Gasteiger partial charge in [0.15, 0.2) is 0 Å². The van der Waals surface area contributed by atoms with Crippen LogP contribution in [0.25, 0.3) is 0 Å². The van der Waals surface area contributed by atoms with Crippen LogP contribution in [0.15, 0.2) is 54.3 Å². The molecule has 0 fully saturated rings. The summed E-state index contributed by atoms with van der Waals surface area (Å²) >= 11 is 1.65. The highest BCUT2D eigenvalue weighted by molar-refractivity contribution is 7.10. The normalized spacial score (nSPS) is 14.2. The van der Waals surface area contributed by atoms with Gasteiger partial charge in [-0.1, -0.05) is 24.3 Å². The summed E-state index contributed by atoms with van der Waals surface area (Å²) in [5, 5.41) is 5.14. The molecule has 3 aromatic rings. The molecule has 1 aliphatic carbocycles. The summed E-state index contributed by atoms with van der Waals surface area (Å²) in [4.78, 5) is 21.7. The Balaban J connectivity index is 1.67. The number of carbonyl (C=O) groups excluding carboxylic acids is 1. The summed E-state index contributed by atoms with van der Waals surface area (Å²) in [5.41, 5.74) is 4.29. The molecule has 0 bridgehead atoms. The van der Waals surface area contributed by atoms with Gasteiger partial charge in [0.25, 0.3) is 5.91 Å². The standard InChI is InChI=1S/C19H17N3OS/c23-19(16-12-20-8-9-21-16)22-18(17-5-2-10-24-17)15-7-6-13-3-1-4-14(13)11-15/h2,5-12,18H,1,3-4H2,(H,22,23)/t18-/m0/s1. The van der Waals surface area contributed by atoms with Gasteiger partial charge in [0.1, 0.15) is 5.69 Å². The Morgan fingerprint density at radius 3 is 2.88 bits per heavy atom. The second kappa shape index (κ2) is 6.53. The van der Waals surface area contributed by atoms with Crippen LogP contribution in [0.3, 0.4) is 0 Å². The molecule has 0 aliphatic heterocycles. The van der Waals surface area contributed by atoms with E-state index in [0.717, 1.165) is 23.3 Å². The molecule has 4 rings (SSSR count). The first-order valence-electron chi connectivity index (χ1n) is 8.03.